The Bertz CT molecular complexity index is 1210. The first-order valence-corrected chi connectivity index (χ1v) is 10.7. The fraction of sp³-hybridized carbons (Fsp3) is 0.304. The monoisotopic (exact) mass is 434 g/mol. The second kappa shape index (κ2) is 8.41. The molecule has 4 aromatic rings. The van der Waals surface area contributed by atoms with Gasteiger partial charge in [0.2, 0.25) is 0 Å². The Kier molecular flexibility index (Phi) is 5.30. The minimum Gasteiger partial charge on any atom is -0.424 e. The molecule has 0 bridgehead atoms. The second-order valence-electron chi connectivity index (χ2n) is 8.01. The number of rotatable bonds is 5. The summed E-state index contributed by atoms with van der Waals surface area (Å²) >= 11 is 0. The van der Waals surface area contributed by atoms with E-state index < -0.39 is 5.82 Å². The van der Waals surface area contributed by atoms with E-state index in [0.717, 1.165) is 18.4 Å². The van der Waals surface area contributed by atoms with Gasteiger partial charge in [-0.15, -0.1) is 0 Å². The molecular weight excluding hydrogens is 411 g/mol. The average molecular weight is 434 g/mol. The van der Waals surface area contributed by atoms with E-state index in [2.05, 4.69) is 27.4 Å². The normalized spacial score (nSPS) is 18.8. The fourth-order valence-electron chi connectivity index (χ4n) is 4.33. The van der Waals surface area contributed by atoms with Crippen LogP contribution in [-0.4, -0.2) is 49.9 Å². The summed E-state index contributed by atoms with van der Waals surface area (Å²) in [6.45, 7) is 3.10. The molecule has 2 aromatic heterocycles. The van der Waals surface area contributed by atoms with E-state index in [1.165, 1.54) is 23.3 Å². The summed E-state index contributed by atoms with van der Waals surface area (Å²) in [5.41, 5.74) is 1.76. The number of carbonyl (C=O) groups is 1. The first kappa shape index (κ1) is 20.2. The Morgan fingerprint density at radius 1 is 1.19 bits per heavy atom. The number of fused-ring (bicyclic) bond motifs is 1. The van der Waals surface area contributed by atoms with Crippen LogP contribution in [0.2, 0.25) is 0 Å². The molecule has 0 radical (unpaired) electrons. The van der Waals surface area contributed by atoms with E-state index in [4.69, 9.17) is 4.42 Å². The molecule has 2 atom stereocenters. The zero-order valence-electron chi connectivity index (χ0n) is 17.6. The molecule has 5 rings (SSSR count). The summed E-state index contributed by atoms with van der Waals surface area (Å²) in [6, 6.07) is 12.3. The van der Waals surface area contributed by atoms with Crippen LogP contribution in [0, 0.1) is 11.7 Å². The van der Waals surface area contributed by atoms with Gasteiger partial charge in [-0.2, -0.15) is 20.0 Å². The van der Waals surface area contributed by atoms with Crippen LogP contribution in [0.25, 0.3) is 16.8 Å². The number of piperidine rings is 1. The molecule has 9 heteroatoms. The number of nitrogens with one attached hydrogen (secondary N) is 1. The molecule has 2 aromatic carbocycles. The van der Waals surface area contributed by atoms with Crippen molar-refractivity contribution in [3.05, 3.63) is 66.2 Å². The Labute approximate surface area is 184 Å². The number of halogens is 1. The summed E-state index contributed by atoms with van der Waals surface area (Å²) in [7, 11) is 0. The van der Waals surface area contributed by atoms with Crippen molar-refractivity contribution >= 4 is 23.0 Å². The maximum absolute atomic E-state index is 14.9. The molecule has 32 heavy (non-hydrogen) atoms. The van der Waals surface area contributed by atoms with Gasteiger partial charge >= 0.3 is 0 Å². The number of amides is 1. The highest BCUT2D eigenvalue weighted by Crippen LogP contribution is 2.28. The van der Waals surface area contributed by atoms with E-state index in [-0.39, 0.29) is 23.4 Å². The highest BCUT2D eigenvalue weighted by Gasteiger charge is 2.35. The quantitative estimate of drug-likeness (QED) is 0.513. The molecule has 0 spiro atoms. The van der Waals surface area contributed by atoms with Crippen LogP contribution in [-0.2, 0) is 0 Å². The fourth-order valence-corrected chi connectivity index (χ4v) is 4.33. The molecule has 0 aliphatic carbocycles. The van der Waals surface area contributed by atoms with Crippen molar-refractivity contribution in [2.75, 3.05) is 18.4 Å². The molecule has 3 heterocycles. The number of carbonyl (C=O) groups excluding carboxylic acids is 1. The number of para-hydroxylation sites is 2. The first-order chi connectivity index (χ1) is 15.6. The van der Waals surface area contributed by atoms with Crippen LogP contribution >= 0.6 is 0 Å². The SMILES string of the molecule is C[C@@H]1CCCN(C(=O)c2c(F)cccc2-n2nccn2)[C@@H]1CNc1nc2ccccc2o1. The summed E-state index contributed by atoms with van der Waals surface area (Å²) in [5, 5.41) is 11.4. The molecule has 0 saturated carbocycles. The van der Waals surface area contributed by atoms with Crippen LogP contribution < -0.4 is 5.32 Å². The minimum atomic E-state index is -0.589. The molecule has 0 unspecified atom stereocenters. The van der Waals surface area contributed by atoms with Gasteiger partial charge < -0.3 is 14.6 Å². The lowest BCUT2D eigenvalue weighted by Gasteiger charge is -2.40. The molecule has 1 aliphatic rings. The topological polar surface area (TPSA) is 89.1 Å². The summed E-state index contributed by atoms with van der Waals surface area (Å²) < 4.78 is 20.6. The predicted molar refractivity (Wildman–Crippen MR) is 117 cm³/mol. The number of aromatic nitrogens is 4. The van der Waals surface area contributed by atoms with Crippen LogP contribution in [0.1, 0.15) is 30.1 Å². The third-order valence-corrected chi connectivity index (χ3v) is 5.97. The first-order valence-electron chi connectivity index (χ1n) is 10.7. The Balaban J connectivity index is 1.42. The number of hydrogen-bond donors (Lipinski definition) is 1. The van der Waals surface area contributed by atoms with E-state index in [0.29, 0.717) is 30.4 Å². The van der Waals surface area contributed by atoms with E-state index in [1.807, 2.05) is 24.3 Å². The lowest BCUT2D eigenvalue weighted by Crippen LogP contribution is -2.51. The molecule has 1 saturated heterocycles. The summed E-state index contributed by atoms with van der Waals surface area (Å²) in [5.74, 6) is -0.734. The number of benzene rings is 2. The van der Waals surface area contributed by atoms with E-state index in [1.54, 1.807) is 17.0 Å². The zero-order chi connectivity index (χ0) is 22.1. The van der Waals surface area contributed by atoms with E-state index in [9.17, 15) is 9.18 Å². The smallest absolute Gasteiger partial charge is 0.295 e. The molecule has 164 valence electrons. The number of oxazole rings is 1. The van der Waals surface area contributed by atoms with Crippen LogP contribution in [0.4, 0.5) is 10.4 Å². The Morgan fingerprint density at radius 2 is 2.00 bits per heavy atom. The molecule has 1 aliphatic heterocycles. The standard InChI is InChI=1S/C23H23FN6O2/c1-15-6-5-13-29(19(15)14-25-23-28-17-8-2-3-10-20(17)32-23)22(31)21-16(24)7-4-9-18(21)30-26-11-12-27-30/h2-4,7-12,15,19H,5-6,13-14H2,1H3,(H,25,28)/t15-,19-/m1/s1. The van der Waals surface area contributed by atoms with Gasteiger partial charge in [-0.3, -0.25) is 4.79 Å². The predicted octanol–water partition coefficient (Wildman–Crippen LogP) is 3.90. The minimum absolute atomic E-state index is 0.0235. The summed E-state index contributed by atoms with van der Waals surface area (Å²) in [6.07, 6.45) is 4.83. The molecule has 1 N–H and O–H groups in total. The lowest BCUT2D eigenvalue weighted by molar-refractivity contribution is 0.0534. The van der Waals surface area contributed by atoms with Crippen molar-refractivity contribution in [1.82, 2.24) is 24.9 Å². The van der Waals surface area contributed by atoms with Gasteiger partial charge in [0.05, 0.1) is 18.4 Å². The van der Waals surface area contributed by atoms with Crippen molar-refractivity contribution in [2.45, 2.75) is 25.8 Å². The maximum atomic E-state index is 14.9. The van der Waals surface area contributed by atoms with Crippen molar-refractivity contribution in [1.29, 1.82) is 0 Å². The Hall–Kier alpha value is -3.75. The van der Waals surface area contributed by atoms with Crippen LogP contribution in [0.15, 0.2) is 59.3 Å². The maximum Gasteiger partial charge on any atom is 0.295 e. The molecular formula is C23H23FN6O2. The van der Waals surface area contributed by atoms with Gasteiger partial charge in [0.1, 0.15) is 22.6 Å². The van der Waals surface area contributed by atoms with Crippen LogP contribution in [0.3, 0.4) is 0 Å². The number of likely N-dealkylation sites (tertiary alicyclic amines) is 1. The van der Waals surface area contributed by atoms with Crippen molar-refractivity contribution in [3.8, 4) is 5.69 Å². The van der Waals surface area contributed by atoms with Crippen molar-refractivity contribution in [3.63, 3.8) is 0 Å². The molecule has 1 amide bonds. The largest absolute Gasteiger partial charge is 0.424 e. The Morgan fingerprint density at radius 3 is 2.81 bits per heavy atom. The number of hydrogen-bond acceptors (Lipinski definition) is 6. The van der Waals surface area contributed by atoms with Gasteiger partial charge in [-0.25, -0.2) is 4.39 Å². The highest BCUT2D eigenvalue weighted by molar-refractivity contribution is 5.98. The van der Waals surface area contributed by atoms with Crippen LogP contribution in [0.5, 0.6) is 0 Å². The van der Waals surface area contributed by atoms with Gasteiger partial charge in [0.25, 0.3) is 11.9 Å². The third kappa shape index (κ3) is 3.70. The summed E-state index contributed by atoms with van der Waals surface area (Å²) in [4.78, 5) is 21.1. The molecule has 1 fully saturated rings. The number of anilines is 1. The van der Waals surface area contributed by atoms with Gasteiger partial charge in [-0.05, 0) is 43.0 Å². The second-order valence-corrected chi connectivity index (χ2v) is 8.01. The van der Waals surface area contributed by atoms with Gasteiger partial charge in [0, 0.05) is 13.1 Å². The highest BCUT2D eigenvalue weighted by atomic mass is 19.1. The number of nitrogens with zero attached hydrogens (tertiary/aromatic N) is 5. The average Bonchev–Trinajstić information content (AvgIpc) is 3.47. The lowest BCUT2D eigenvalue weighted by atomic mass is 9.90. The van der Waals surface area contributed by atoms with E-state index >= 15 is 0 Å². The van der Waals surface area contributed by atoms with Gasteiger partial charge in [-0.1, -0.05) is 25.1 Å². The van der Waals surface area contributed by atoms with Gasteiger partial charge in [0.15, 0.2) is 5.58 Å². The third-order valence-electron chi connectivity index (χ3n) is 5.97. The van der Waals surface area contributed by atoms with Crippen molar-refractivity contribution in [2.24, 2.45) is 5.92 Å². The zero-order valence-corrected chi connectivity index (χ0v) is 17.6. The molecule has 8 nitrogen and oxygen atoms in total. The van der Waals surface area contributed by atoms with Crippen molar-refractivity contribution < 1.29 is 13.6 Å².